The number of benzene rings is 1. The van der Waals surface area contributed by atoms with E-state index in [2.05, 4.69) is 46.4 Å². The quantitative estimate of drug-likeness (QED) is 0.746. The van der Waals surface area contributed by atoms with E-state index < -0.39 is 0 Å². The highest BCUT2D eigenvalue weighted by atomic mass is 32.2. The molecule has 21 heavy (non-hydrogen) atoms. The minimum atomic E-state index is 0.403. The lowest BCUT2D eigenvalue weighted by molar-refractivity contribution is 0.425. The van der Waals surface area contributed by atoms with Crippen LogP contribution >= 0.6 is 11.8 Å². The minimum absolute atomic E-state index is 0.403. The van der Waals surface area contributed by atoms with Crippen LogP contribution < -0.4 is 5.73 Å². The van der Waals surface area contributed by atoms with Crippen molar-refractivity contribution in [3.8, 4) is 11.5 Å². The lowest BCUT2D eigenvalue weighted by Gasteiger charge is -1.98. The van der Waals surface area contributed by atoms with Crippen LogP contribution in [0.4, 0.5) is 5.82 Å². The van der Waals surface area contributed by atoms with Crippen LogP contribution in [0.15, 0.2) is 39.9 Å². The third-order valence-electron chi connectivity index (χ3n) is 3.07. The van der Waals surface area contributed by atoms with Crippen molar-refractivity contribution in [2.75, 3.05) is 5.73 Å². The van der Waals surface area contributed by atoms with Gasteiger partial charge in [0.15, 0.2) is 5.82 Å². The smallest absolute Gasteiger partial charge is 0.263 e. The van der Waals surface area contributed by atoms with Crippen LogP contribution in [-0.4, -0.2) is 19.9 Å². The van der Waals surface area contributed by atoms with Gasteiger partial charge < -0.3 is 10.3 Å². The molecule has 1 aromatic carbocycles. The first-order valence-corrected chi connectivity index (χ1v) is 7.42. The maximum absolute atomic E-state index is 5.89. The average molecular weight is 301 g/mol. The van der Waals surface area contributed by atoms with Crippen molar-refractivity contribution in [3.63, 3.8) is 0 Å². The molecule has 0 radical (unpaired) electrons. The van der Waals surface area contributed by atoms with E-state index in [0.717, 1.165) is 0 Å². The molecule has 0 amide bonds. The maximum Gasteiger partial charge on any atom is 0.263 e. The Hall–Kier alpha value is -2.28. The number of rotatable bonds is 4. The molecule has 0 aliphatic carbocycles. The SMILES string of the molecule is Cc1ccc(SCc2noc(-c3cnn(C)c3N)n2)cc1. The van der Waals surface area contributed by atoms with Gasteiger partial charge in [0.25, 0.3) is 5.89 Å². The number of nitrogens with two attached hydrogens (primary N) is 1. The van der Waals surface area contributed by atoms with Gasteiger partial charge in [-0.1, -0.05) is 22.9 Å². The zero-order chi connectivity index (χ0) is 14.8. The monoisotopic (exact) mass is 301 g/mol. The predicted molar refractivity (Wildman–Crippen MR) is 81.7 cm³/mol. The number of hydrogen-bond acceptors (Lipinski definition) is 6. The molecular formula is C14H15N5OS. The number of nitrogens with zero attached hydrogens (tertiary/aromatic N) is 4. The van der Waals surface area contributed by atoms with Crippen molar-refractivity contribution in [2.24, 2.45) is 7.05 Å². The van der Waals surface area contributed by atoms with Crippen LogP contribution in [-0.2, 0) is 12.8 Å². The van der Waals surface area contributed by atoms with Crippen LogP contribution in [0.2, 0.25) is 0 Å². The molecule has 6 nitrogen and oxygen atoms in total. The highest BCUT2D eigenvalue weighted by Crippen LogP contribution is 2.26. The van der Waals surface area contributed by atoms with Gasteiger partial charge in [0.2, 0.25) is 0 Å². The summed E-state index contributed by atoms with van der Waals surface area (Å²) in [5.41, 5.74) is 7.80. The van der Waals surface area contributed by atoms with E-state index in [1.807, 2.05) is 0 Å². The molecule has 2 aromatic heterocycles. The van der Waals surface area contributed by atoms with Gasteiger partial charge in [-0.25, -0.2) is 0 Å². The summed E-state index contributed by atoms with van der Waals surface area (Å²) in [7, 11) is 1.77. The number of aromatic nitrogens is 4. The molecule has 0 atom stereocenters. The topological polar surface area (TPSA) is 82.8 Å². The van der Waals surface area contributed by atoms with Gasteiger partial charge in [0.1, 0.15) is 11.4 Å². The summed E-state index contributed by atoms with van der Waals surface area (Å²) in [6.45, 7) is 2.07. The van der Waals surface area contributed by atoms with Gasteiger partial charge in [-0.05, 0) is 19.1 Å². The Kier molecular flexibility index (Phi) is 3.66. The van der Waals surface area contributed by atoms with Gasteiger partial charge in [0.05, 0.1) is 11.9 Å². The molecule has 3 rings (SSSR count). The molecule has 0 bridgehead atoms. The van der Waals surface area contributed by atoms with Crippen molar-refractivity contribution in [1.29, 1.82) is 0 Å². The second kappa shape index (κ2) is 5.61. The summed E-state index contributed by atoms with van der Waals surface area (Å²) in [4.78, 5) is 5.53. The highest BCUT2D eigenvalue weighted by Gasteiger charge is 2.15. The first-order valence-electron chi connectivity index (χ1n) is 6.43. The first kappa shape index (κ1) is 13.7. The summed E-state index contributed by atoms with van der Waals surface area (Å²) in [6.07, 6.45) is 1.62. The van der Waals surface area contributed by atoms with Crippen molar-refractivity contribution < 1.29 is 4.52 Å². The van der Waals surface area contributed by atoms with Gasteiger partial charge in [-0.3, -0.25) is 4.68 Å². The van der Waals surface area contributed by atoms with Gasteiger partial charge in [0, 0.05) is 11.9 Å². The Bertz CT molecular complexity index is 747. The fourth-order valence-electron chi connectivity index (χ4n) is 1.82. The molecule has 3 aromatic rings. The third kappa shape index (κ3) is 2.92. The molecule has 2 heterocycles. The highest BCUT2D eigenvalue weighted by molar-refractivity contribution is 7.98. The standard InChI is InChI=1S/C14H15N5OS/c1-9-3-5-10(6-4-9)21-8-12-17-14(20-18-12)11-7-16-19(2)13(11)15/h3-7H,8,15H2,1-2H3. The second-order valence-corrected chi connectivity index (χ2v) is 5.73. The van der Waals surface area contributed by atoms with Crippen LogP contribution in [0.3, 0.4) is 0 Å². The molecule has 0 aliphatic rings. The van der Waals surface area contributed by atoms with Gasteiger partial charge in [-0.2, -0.15) is 10.1 Å². The molecule has 7 heteroatoms. The van der Waals surface area contributed by atoms with Crippen LogP contribution in [0, 0.1) is 6.92 Å². The number of anilines is 1. The van der Waals surface area contributed by atoms with E-state index >= 15 is 0 Å². The van der Waals surface area contributed by atoms with Crippen molar-refractivity contribution in [2.45, 2.75) is 17.6 Å². The van der Waals surface area contributed by atoms with E-state index in [0.29, 0.717) is 28.8 Å². The Balaban J connectivity index is 1.70. The van der Waals surface area contributed by atoms with E-state index in [1.54, 1.807) is 29.7 Å². The Morgan fingerprint density at radius 1 is 1.29 bits per heavy atom. The molecule has 0 spiro atoms. The largest absolute Gasteiger partial charge is 0.383 e. The van der Waals surface area contributed by atoms with E-state index in [9.17, 15) is 0 Å². The van der Waals surface area contributed by atoms with Crippen molar-refractivity contribution in [1.82, 2.24) is 19.9 Å². The predicted octanol–water partition coefficient (Wildman–Crippen LogP) is 2.65. The first-order chi connectivity index (χ1) is 10.1. The Labute approximate surface area is 126 Å². The fourth-order valence-corrected chi connectivity index (χ4v) is 2.56. The van der Waals surface area contributed by atoms with Gasteiger partial charge in [-0.15, -0.1) is 11.8 Å². The Morgan fingerprint density at radius 3 is 2.71 bits per heavy atom. The maximum atomic E-state index is 5.89. The second-order valence-electron chi connectivity index (χ2n) is 4.68. The molecule has 0 saturated heterocycles. The molecule has 0 unspecified atom stereocenters. The van der Waals surface area contributed by atoms with Crippen molar-refractivity contribution >= 4 is 17.6 Å². The van der Waals surface area contributed by atoms with Crippen LogP contribution in [0.1, 0.15) is 11.4 Å². The van der Waals surface area contributed by atoms with E-state index in [4.69, 9.17) is 10.3 Å². The number of hydrogen-bond donors (Lipinski definition) is 1. The van der Waals surface area contributed by atoms with E-state index in [1.165, 1.54) is 10.5 Å². The normalized spacial score (nSPS) is 11.0. The zero-order valence-electron chi connectivity index (χ0n) is 11.8. The van der Waals surface area contributed by atoms with Crippen LogP contribution in [0.25, 0.3) is 11.5 Å². The Morgan fingerprint density at radius 2 is 2.05 bits per heavy atom. The molecule has 0 saturated carbocycles. The summed E-state index contributed by atoms with van der Waals surface area (Å²) in [6, 6.07) is 8.33. The number of thioether (sulfide) groups is 1. The summed E-state index contributed by atoms with van der Waals surface area (Å²) in [5, 5.41) is 8.04. The summed E-state index contributed by atoms with van der Waals surface area (Å²) >= 11 is 1.66. The van der Waals surface area contributed by atoms with Crippen molar-refractivity contribution in [3.05, 3.63) is 41.9 Å². The lowest BCUT2D eigenvalue weighted by atomic mass is 10.2. The molecule has 0 aliphatic heterocycles. The zero-order valence-corrected chi connectivity index (χ0v) is 12.6. The summed E-state index contributed by atoms with van der Waals surface area (Å²) in [5.74, 6) is 2.20. The van der Waals surface area contributed by atoms with Gasteiger partial charge >= 0.3 is 0 Å². The summed E-state index contributed by atoms with van der Waals surface area (Å²) < 4.78 is 6.81. The fraction of sp³-hybridized carbons (Fsp3) is 0.214. The lowest BCUT2D eigenvalue weighted by Crippen LogP contribution is -1.98. The van der Waals surface area contributed by atoms with Crippen LogP contribution in [0.5, 0.6) is 0 Å². The molecule has 2 N–H and O–H groups in total. The van der Waals surface area contributed by atoms with E-state index in [-0.39, 0.29) is 0 Å². The number of aryl methyl sites for hydroxylation is 2. The molecular weight excluding hydrogens is 286 g/mol. The minimum Gasteiger partial charge on any atom is -0.383 e. The average Bonchev–Trinajstić information content (AvgIpc) is 3.07. The molecule has 0 fully saturated rings. The third-order valence-corrected chi connectivity index (χ3v) is 4.08. The molecule has 108 valence electrons. The number of nitrogen functional groups attached to an aromatic ring is 1.